The zero-order chi connectivity index (χ0) is 14.8. The number of anilines is 1. The standard InChI is InChI=1S/C17H24N4/c1-3-15-10-17(20(2)19-15)12-21(16-8-9-16)11-13-4-6-14(18)7-5-13/h4-7,10,16H,3,8-9,11-12,18H2,1-2H3. The molecule has 1 aromatic carbocycles. The van der Waals surface area contributed by atoms with Crippen molar-refractivity contribution in [3.63, 3.8) is 0 Å². The summed E-state index contributed by atoms with van der Waals surface area (Å²) in [7, 11) is 2.04. The molecule has 0 atom stereocenters. The molecule has 1 aromatic heterocycles. The molecule has 0 amide bonds. The maximum Gasteiger partial charge on any atom is 0.0625 e. The Hall–Kier alpha value is -1.81. The monoisotopic (exact) mass is 284 g/mol. The molecule has 1 heterocycles. The molecule has 1 fully saturated rings. The van der Waals surface area contributed by atoms with Crippen LogP contribution in [-0.4, -0.2) is 20.7 Å². The van der Waals surface area contributed by atoms with E-state index in [2.05, 4.69) is 35.1 Å². The Morgan fingerprint density at radius 1 is 1.24 bits per heavy atom. The fourth-order valence-corrected chi connectivity index (χ4v) is 2.71. The number of aryl methyl sites for hydroxylation is 2. The van der Waals surface area contributed by atoms with Gasteiger partial charge in [0.15, 0.2) is 0 Å². The number of benzene rings is 1. The number of hydrogen-bond acceptors (Lipinski definition) is 3. The molecule has 1 aliphatic carbocycles. The number of nitrogens with two attached hydrogens (primary N) is 1. The largest absolute Gasteiger partial charge is 0.399 e. The van der Waals surface area contributed by atoms with Crippen LogP contribution in [0.15, 0.2) is 30.3 Å². The first-order chi connectivity index (χ1) is 10.2. The summed E-state index contributed by atoms with van der Waals surface area (Å²) in [6.07, 6.45) is 3.62. The number of rotatable bonds is 6. The van der Waals surface area contributed by atoms with Crippen LogP contribution in [0, 0.1) is 0 Å². The van der Waals surface area contributed by atoms with Crippen molar-refractivity contribution < 1.29 is 0 Å². The van der Waals surface area contributed by atoms with Crippen molar-refractivity contribution in [2.45, 2.75) is 45.3 Å². The van der Waals surface area contributed by atoms with Gasteiger partial charge in [-0.2, -0.15) is 5.10 Å². The van der Waals surface area contributed by atoms with Gasteiger partial charge in [0.2, 0.25) is 0 Å². The molecule has 4 heteroatoms. The van der Waals surface area contributed by atoms with Crippen LogP contribution in [0.3, 0.4) is 0 Å². The molecule has 0 spiro atoms. The molecule has 0 radical (unpaired) electrons. The Bertz CT molecular complexity index is 596. The molecule has 21 heavy (non-hydrogen) atoms. The first-order valence-corrected chi connectivity index (χ1v) is 7.76. The smallest absolute Gasteiger partial charge is 0.0625 e. The van der Waals surface area contributed by atoms with E-state index in [1.54, 1.807) is 0 Å². The predicted molar refractivity (Wildman–Crippen MR) is 85.7 cm³/mol. The van der Waals surface area contributed by atoms with Gasteiger partial charge in [-0.15, -0.1) is 0 Å². The molecule has 2 N–H and O–H groups in total. The van der Waals surface area contributed by atoms with Gasteiger partial charge in [0, 0.05) is 31.9 Å². The van der Waals surface area contributed by atoms with Crippen molar-refractivity contribution in [2.24, 2.45) is 7.05 Å². The molecule has 1 aliphatic rings. The van der Waals surface area contributed by atoms with Crippen LogP contribution < -0.4 is 5.73 Å². The molecule has 112 valence electrons. The minimum Gasteiger partial charge on any atom is -0.399 e. The molecule has 2 aromatic rings. The molecule has 0 aliphatic heterocycles. The van der Waals surface area contributed by atoms with Crippen LogP contribution >= 0.6 is 0 Å². The van der Waals surface area contributed by atoms with Gasteiger partial charge in [0.05, 0.1) is 11.4 Å². The summed E-state index contributed by atoms with van der Waals surface area (Å²) < 4.78 is 2.02. The van der Waals surface area contributed by atoms with Crippen LogP contribution in [0.1, 0.15) is 36.7 Å². The molecule has 1 saturated carbocycles. The van der Waals surface area contributed by atoms with Gasteiger partial charge in [-0.25, -0.2) is 0 Å². The number of hydrogen-bond donors (Lipinski definition) is 1. The fraction of sp³-hybridized carbons (Fsp3) is 0.471. The molecular weight excluding hydrogens is 260 g/mol. The van der Waals surface area contributed by atoms with E-state index >= 15 is 0 Å². The van der Waals surface area contributed by atoms with Crippen molar-refractivity contribution >= 4 is 5.69 Å². The molecule has 0 unspecified atom stereocenters. The highest BCUT2D eigenvalue weighted by atomic mass is 15.3. The lowest BCUT2D eigenvalue weighted by Gasteiger charge is -2.22. The van der Waals surface area contributed by atoms with E-state index < -0.39 is 0 Å². The Morgan fingerprint density at radius 2 is 1.95 bits per heavy atom. The van der Waals surface area contributed by atoms with Crippen molar-refractivity contribution in [3.05, 3.63) is 47.3 Å². The van der Waals surface area contributed by atoms with Crippen molar-refractivity contribution in [1.82, 2.24) is 14.7 Å². The maximum atomic E-state index is 5.77. The Balaban J connectivity index is 1.72. The fourth-order valence-electron chi connectivity index (χ4n) is 2.71. The average Bonchev–Trinajstić information content (AvgIpc) is 3.26. The van der Waals surface area contributed by atoms with Gasteiger partial charge in [-0.05, 0) is 43.0 Å². The van der Waals surface area contributed by atoms with Gasteiger partial charge in [0.1, 0.15) is 0 Å². The van der Waals surface area contributed by atoms with Crippen LogP contribution in [0.2, 0.25) is 0 Å². The summed E-state index contributed by atoms with van der Waals surface area (Å²) in [5.41, 5.74) is 10.4. The molecule has 3 rings (SSSR count). The highest BCUT2D eigenvalue weighted by Crippen LogP contribution is 2.30. The van der Waals surface area contributed by atoms with Gasteiger partial charge < -0.3 is 5.73 Å². The molecular formula is C17H24N4. The predicted octanol–water partition coefficient (Wildman–Crippen LogP) is 2.73. The van der Waals surface area contributed by atoms with Gasteiger partial charge in [-0.1, -0.05) is 19.1 Å². The van der Waals surface area contributed by atoms with Gasteiger partial charge in [-0.3, -0.25) is 9.58 Å². The third kappa shape index (κ3) is 3.45. The lowest BCUT2D eigenvalue weighted by atomic mass is 10.2. The van der Waals surface area contributed by atoms with Crippen molar-refractivity contribution in [2.75, 3.05) is 5.73 Å². The minimum atomic E-state index is 0.725. The summed E-state index contributed by atoms with van der Waals surface area (Å²) in [4.78, 5) is 2.56. The number of aromatic nitrogens is 2. The summed E-state index contributed by atoms with van der Waals surface area (Å²) >= 11 is 0. The van der Waals surface area contributed by atoms with Gasteiger partial charge in [0.25, 0.3) is 0 Å². The summed E-state index contributed by atoms with van der Waals surface area (Å²) in [6.45, 7) is 4.11. The van der Waals surface area contributed by atoms with Crippen LogP contribution in [0.5, 0.6) is 0 Å². The third-order valence-electron chi connectivity index (χ3n) is 4.18. The second-order valence-electron chi connectivity index (χ2n) is 5.98. The van der Waals surface area contributed by atoms with Crippen molar-refractivity contribution in [1.29, 1.82) is 0 Å². The van der Waals surface area contributed by atoms with Crippen LogP contribution in [-0.2, 0) is 26.6 Å². The second kappa shape index (κ2) is 5.90. The first kappa shape index (κ1) is 14.1. The summed E-state index contributed by atoms with van der Waals surface area (Å²) in [5, 5.41) is 4.55. The lowest BCUT2D eigenvalue weighted by molar-refractivity contribution is 0.239. The summed E-state index contributed by atoms with van der Waals surface area (Å²) in [5.74, 6) is 0. The molecule has 4 nitrogen and oxygen atoms in total. The number of nitrogen functional groups attached to an aromatic ring is 1. The normalized spacial score (nSPS) is 14.8. The highest BCUT2D eigenvalue weighted by molar-refractivity contribution is 5.39. The summed E-state index contributed by atoms with van der Waals surface area (Å²) in [6, 6.07) is 11.2. The molecule has 0 bridgehead atoms. The van der Waals surface area contributed by atoms with E-state index in [4.69, 9.17) is 5.73 Å². The van der Waals surface area contributed by atoms with Crippen LogP contribution in [0.25, 0.3) is 0 Å². The molecule has 0 saturated heterocycles. The maximum absolute atomic E-state index is 5.77. The second-order valence-corrected chi connectivity index (χ2v) is 5.98. The first-order valence-electron chi connectivity index (χ1n) is 7.76. The van der Waals surface area contributed by atoms with E-state index in [1.165, 1.54) is 29.8 Å². The van der Waals surface area contributed by atoms with E-state index in [-0.39, 0.29) is 0 Å². The van der Waals surface area contributed by atoms with Crippen LogP contribution in [0.4, 0.5) is 5.69 Å². The highest BCUT2D eigenvalue weighted by Gasteiger charge is 2.29. The SMILES string of the molecule is CCc1cc(CN(Cc2ccc(N)cc2)C2CC2)n(C)n1. The zero-order valence-electron chi connectivity index (χ0n) is 12.9. The third-order valence-corrected chi connectivity index (χ3v) is 4.18. The Labute approximate surface area is 126 Å². The van der Waals surface area contributed by atoms with Crippen molar-refractivity contribution in [3.8, 4) is 0 Å². The zero-order valence-corrected chi connectivity index (χ0v) is 12.9. The minimum absolute atomic E-state index is 0.725. The Morgan fingerprint density at radius 3 is 2.52 bits per heavy atom. The quantitative estimate of drug-likeness (QED) is 0.830. The average molecular weight is 284 g/mol. The van der Waals surface area contributed by atoms with E-state index in [0.717, 1.165) is 31.2 Å². The Kier molecular flexibility index (Phi) is 3.97. The van der Waals surface area contributed by atoms with E-state index in [1.807, 2.05) is 23.9 Å². The topological polar surface area (TPSA) is 47.1 Å². The van der Waals surface area contributed by atoms with Gasteiger partial charge >= 0.3 is 0 Å². The van der Waals surface area contributed by atoms with E-state index in [0.29, 0.717) is 0 Å². The lowest BCUT2D eigenvalue weighted by Crippen LogP contribution is -2.26. The number of nitrogens with zero attached hydrogens (tertiary/aromatic N) is 3. The van der Waals surface area contributed by atoms with E-state index in [9.17, 15) is 0 Å².